The summed E-state index contributed by atoms with van der Waals surface area (Å²) in [6.45, 7) is 7.39. The Morgan fingerprint density at radius 1 is 1.07 bits per heavy atom. The van der Waals surface area contributed by atoms with Gasteiger partial charge in [-0.2, -0.15) is 0 Å². The summed E-state index contributed by atoms with van der Waals surface area (Å²) in [5.74, 6) is 0. The minimum atomic E-state index is 0.0645. The molecule has 4 heteroatoms. The maximum Gasteiger partial charge on any atom is 0.159 e. The zero-order chi connectivity index (χ0) is 9.80. The molecular weight excluding hydrogens is 180 g/mol. The first-order chi connectivity index (χ1) is 6.84. The minimum Gasteiger partial charge on any atom is -0.350 e. The number of rotatable bonds is 3. The summed E-state index contributed by atoms with van der Waals surface area (Å²) in [5, 5.41) is 0. The highest BCUT2D eigenvalue weighted by Crippen LogP contribution is 2.09. The fourth-order valence-corrected chi connectivity index (χ4v) is 1.93. The third-order valence-corrected chi connectivity index (χ3v) is 2.97. The molecule has 0 N–H and O–H groups in total. The zero-order valence-corrected chi connectivity index (χ0v) is 8.95. The number of ether oxygens (including phenoxy) is 2. The molecule has 2 saturated heterocycles. The second-order valence-corrected chi connectivity index (χ2v) is 4.10. The quantitative estimate of drug-likeness (QED) is 0.640. The van der Waals surface area contributed by atoms with E-state index in [9.17, 15) is 0 Å². The summed E-state index contributed by atoms with van der Waals surface area (Å²) in [7, 11) is 2.18. The Bertz CT molecular complexity index is 164. The van der Waals surface area contributed by atoms with Gasteiger partial charge in [-0.25, -0.2) is 0 Å². The van der Waals surface area contributed by atoms with Crippen molar-refractivity contribution in [1.29, 1.82) is 0 Å². The molecule has 2 aliphatic heterocycles. The molecule has 14 heavy (non-hydrogen) atoms. The van der Waals surface area contributed by atoms with Crippen LogP contribution >= 0.6 is 0 Å². The van der Waals surface area contributed by atoms with Crippen LogP contribution in [0.25, 0.3) is 0 Å². The first kappa shape index (κ1) is 10.4. The molecule has 0 spiro atoms. The highest BCUT2D eigenvalue weighted by atomic mass is 16.7. The lowest BCUT2D eigenvalue weighted by molar-refractivity contribution is -0.0529. The Hall–Kier alpha value is -0.160. The topological polar surface area (TPSA) is 24.9 Å². The summed E-state index contributed by atoms with van der Waals surface area (Å²) in [5.41, 5.74) is 0. The molecular formula is C10H20N2O2. The van der Waals surface area contributed by atoms with E-state index in [1.807, 2.05) is 0 Å². The predicted molar refractivity (Wildman–Crippen MR) is 54.2 cm³/mol. The second kappa shape index (κ2) is 5.07. The normalized spacial score (nSPS) is 27.2. The van der Waals surface area contributed by atoms with Crippen molar-refractivity contribution in [2.45, 2.75) is 12.7 Å². The molecule has 0 atom stereocenters. The van der Waals surface area contributed by atoms with E-state index in [2.05, 4.69) is 16.8 Å². The van der Waals surface area contributed by atoms with Crippen LogP contribution in [0.2, 0.25) is 0 Å². The SMILES string of the molecule is CN1CCN(CCC2OCCO2)CC1. The molecule has 2 rings (SSSR count). The molecule has 0 amide bonds. The fourth-order valence-electron chi connectivity index (χ4n) is 1.93. The Balaban J connectivity index is 1.60. The molecule has 2 aliphatic rings. The fraction of sp³-hybridized carbons (Fsp3) is 1.00. The molecule has 0 radical (unpaired) electrons. The molecule has 82 valence electrons. The van der Waals surface area contributed by atoms with Gasteiger partial charge >= 0.3 is 0 Å². The Kier molecular flexibility index (Phi) is 3.75. The van der Waals surface area contributed by atoms with Crippen LogP contribution in [0, 0.1) is 0 Å². The summed E-state index contributed by atoms with van der Waals surface area (Å²) >= 11 is 0. The zero-order valence-electron chi connectivity index (χ0n) is 8.95. The Labute approximate surface area is 85.8 Å². The van der Waals surface area contributed by atoms with Crippen molar-refractivity contribution in [1.82, 2.24) is 9.80 Å². The van der Waals surface area contributed by atoms with E-state index < -0.39 is 0 Å². The van der Waals surface area contributed by atoms with Crippen LogP contribution in [0.3, 0.4) is 0 Å². The summed E-state index contributed by atoms with van der Waals surface area (Å²) in [6.07, 6.45) is 1.08. The second-order valence-electron chi connectivity index (χ2n) is 4.10. The molecule has 4 nitrogen and oxygen atoms in total. The van der Waals surface area contributed by atoms with Crippen molar-refractivity contribution in [3.63, 3.8) is 0 Å². The summed E-state index contributed by atoms with van der Waals surface area (Å²) < 4.78 is 10.8. The summed E-state index contributed by atoms with van der Waals surface area (Å²) in [4.78, 5) is 4.87. The van der Waals surface area contributed by atoms with Gasteiger partial charge in [0.1, 0.15) is 0 Å². The molecule has 0 saturated carbocycles. The van der Waals surface area contributed by atoms with Gasteiger partial charge in [-0.05, 0) is 7.05 Å². The Morgan fingerprint density at radius 3 is 2.36 bits per heavy atom. The number of hydrogen-bond acceptors (Lipinski definition) is 4. The first-order valence-electron chi connectivity index (χ1n) is 5.49. The van der Waals surface area contributed by atoms with Crippen molar-refractivity contribution in [3.05, 3.63) is 0 Å². The molecule has 0 aliphatic carbocycles. The number of nitrogens with zero attached hydrogens (tertiary/aromatic N) is 2. The van der Waals surface area contributed by atoms with Crippen LogP contribution in [0.1, 0.15) is 6.42 Å². The smallest absolute Gasteiger partial charge is 0.159 e. The molecule has 2 fully saturated rings. The molecule has 0 bridgehead atoms. The van der Waals surface area contributed by atoms with Gasteiger partial charge in [-0.3, -0.25) is 0 Å². The molecule has 0 aromatic carbocycles. The van der Waals surface area contributed by atoms with Crippen LogP contribution in [0.4, 0.5) is 0 Å². The monoisotopic (exact) mass is 200 g/mol. The Morgan fingerprint density at radius 2 is 1.71 bits per heavy atom. The van der Waals surface area contributed by atoms with Gasteiger partial charge in [-0.15, -0.1) is 0 Å². The van der Waals surface area contributed by atoms with Gasteiger partial charge in [0.15, 0.2) is 6.29 Å². The maximum atomic E-state index is 5.41. The van der Waals surface area contributed by atoms with E-state index in [4.69, 9.17) is 9.47 Å². The molecule has 0 aromatic heterocycles. The van der Waals surface area contributed by atoms with E-state index in [1.54, 1.807) is 0 Å². The minimum absolute atomic E-state index is 0.0645. The number of piperazine rings is 1. The average molecular weight is 200 g/mol. The van der Waals surface area contributed by atoms with Crippen LogP contribution in [0.15, 0.2) is 0 Å². The van der Waals surface area contributed by atoms with Gasteiger partial charge in [0.25, 0.3) is 0 Å². The maximum absolute atomic E-state index is 5.41. The van der Waals surface area contributed by atoms with E-state index in [1.165, 1.54) is 26.2 Å². The lowest BCUT2D eigenvalue weighted by Gasteiger charge is -2.32. The highest BCUT2D eigenvalue weighted by molar-refractivity contribution is 4.69. The average Bonchev–Trinajstić information content (AvgIpc) is 2.70. The largest absolute Gasteiger partial charge is 0.350 e. The van der Waals surface area contributed by atoms with Gasteiger partial charge in [0, 0.05) is 39.1 Å². The van der Waals surface area contributed by atoms with Gasteiger partial charge in [0.05, 0.1) is 13.2 Å². The van der Waals surface area contributed by atoms with E-state index >= 15 is 0 Å². The standard InChI is InChI=1S/C10H20N2O2/c1-11-4-6-12(7-5-11)3-2-10-13-8-9-14-10/h10H,2-9H2,1H3. The van der Waals surface area contributed by atoms with E-state index in [0.29, 0.717) is 0 Å². The van der Waals surface area contributed by atoms with E-state index in [-0.39, 0.29) is 6.29 Å². The van der Waals surface area contributed by atoms with Crippen molar-refractivity contribution in [3.8, 4) is 0 Å². The number of hydrogen-bond donors (Lipinski definition) is 0. The van der Waals surface area contributed by atoms with Crippen molar-refractivity contribution in [2.75, 3.05) is 53.0 Å². The lowest BCUT2D eigenvalue weighted by Crippen LogP contribution is -2.45. The van der Waals surface area contributed by atoms with Crippen molar-refractivity contribution < 1.29 is 9.47 Å². The number of likely N-dealkylation sites (N-methyl/N-ethyl adjacent to an activating group) is 1. The van der Waals surface area contributed by atoms with Gasteiger partial charge in [-0.1, -0.05) is 0 Å². The highest BCUT2D eigenvalue weighted by Gasteiger charge is 2.19. The van der Waals surface area contributed by atoms with Crippen LogP contribution in [0.5, 0.6) is 0 Å². The van der Waals surface area contributed by atoms with Gasteiger partial charge in [0.2, 0.25) is 0 Å². The van der Waals surface area contributed by atoms with Crippen LogP contribution in [-0.4, -0.2) is 69.1 Å². The molecule has 2 heterocycles. The predicted octanol–water partition coefficient (Wildman–Crippen LogP) is -0.00320. The lowest BCUT2D eigenvalue weighted by atomic mass is 10.3. The molecule has 0 unspecified atom stereocenters. The van der Waals surface area contributed by atoms with Gasteiger partial charge < -0.3 is 19.3 Å². The van der Waals surface area contributed by atoms with Crippen molar-refractivity contribution in [2.24, 2.45) is 0 Å². The first-order valence-corrected chi connectivity index (χ1v) is 5.49. The van der Waals surface area contributed by atoms with Crippen LogP contribution in [-0.2, 0) is 9.47 Å². The van der Waals surface area contributed by atoms with Crippen LogP contribution < -0.4 is 0 Å². The molecule has 0 aromatic rings. The summed E-state index contributed by atoms with van der Waals surface area (Å²) in [6, 6.07) is 0. The van der Waals surface area contributed by atoms with Crippen molar-refractivity contribution >= 4 is 0 Å². The third kappa shape index (κ3) is 2.92. The van der Waals surface area contributed by atoms with E-state index in [0.717, 1.165) is 26.2 Å². The third-order valence-electron chi connectivity index (χ3n) is 2.97.